The maximum absolute atomic E-state index is 5.92. The van der Waals surface area contributed by atoms with Crippen molar-refractivity contribution in [3.8, 4) is 5.75 Å². The molecular weight excluding hydrogens is 238 g/mol. The molecule has 0 saturated heterocycles. The van der Waals surface area contributed by atoms with Crippen LogP contribution in [0.3, 0.4) is 0 Å². The van der Waals surface area contributed by atoms with E-state index in [1.807, 2.05) is 12.1 Å². The molecule has 2 N–H and O–H groups in total. The molecule has 0 saturated carbocycles. The minimum atomic E-state index is 0.649. The van der Waals surface area contributed by atoms with Crippen molar-refractivity contribution < 1.29 is 4.74 Å². The van der Waals surface area contributed by atoms with Crippen LogP contribution in [-0.2, 0) is 6.42 Å². The largest absolute Gasteiger partial charge is 0.497 e. The zero-order chi connectivity index (χ0) is 14.1. The van der Waals surface area contributed by atoms with E-state index in [2.05, 4.69) is 35.9 Å². The van der Waals surface area contributed by atoms with Crippen LogP contribution in [0.1, 0.15) is 25.8 Å². The lowest BCUT2D eigenvalue weighted by molar-refractivity contribution is 0.414. The number of nitrogens with two attached hydrogens (primary N) is 1. The standard InChI is InChI=1S/C15H25N3O/c1-4-18(5-2)15(16)17-11-7-9-13-8-6-10-14(12-13)19-3/h6,8,10,12H,4-5,7,9,11H2,1-3H3,(H2,16,17). The van der Waals surface area contributed by atoms with Gasteiger partial charge in [0.2, 0.25) is 0 Å². The van der Waals surface area contributed by atoms with Crippen LogP contribution in [0.2, 0.25) is 0 Å². The first-order chi connectivity index (χ1) is 9.21. The molecule has 0 aliphatic carbocycles. The van der Waals surface area contributed by atoms with Gasteiger partial charge in [0, 0.05) is 19.6 Å². The first-order valence-electron chi connectivity index (χ1n) is 6.89. The van der Waals surface area contributed by atoms with Crippen LogP contribution in [0, 0.1) is 0 Å². The molecule has 4 nitrogen and oxygen atoms in total. The van der Waals surface area contributed by atoms with Gasteiger partial charge in [0.25, 0.3) is 0 Å². The molecule has 0 unspecified atom stereocenters. The number of aliphatic imine (C=N–C) groups is 1. The molecule has 0 aromatic heterocycles. The smallest absolute Gasteiger partial charge is 0.191 e. The van der Waals surface area contributed by atoms with E-state index in [0.29, 0.717) is 5.96 Å². The van der Waals surface area contributed by atoms with Crippen molar-refractivity contribution in [3.63, 3.8) is 0 Å². The van der Waals surface area contributed by atoms with Crippen LogP contribution >= 0.6 is 0 Å². The number of methoxy groups -OCH3 is 1. The molecule has 19 heavy (non-hydrogen) atoms. The van der Waals surface area contributed by atoms with Crippen LogP contribution in [0.5, 0.6) is 5.75 Å². The lowest BCUT2D eigenvalue weighted by Gasteiger charge is -2.19. The molecule has 0 atom stereocenters. The minimum absolute atomic E-state index is 0.649. The summed E-state index contributed by atoms with van der Waals surface area (Å²) < 4.78 is 5.21. The number of guanidine groups is 1. The van der Waals surface area contributed by atoms with Crippen molar-refractivity contribution in [2.45, 2.75) is 26.7 Å². The zero-order valence-electron chi connectivity index (χ0n) is 12.2. The Bertz CT molecular complexity index is 400. The summed E-state index contributed by atoms with van der Waals surface area (Å²) in [5.41, 5.74) is 7.19. The van der Waals surface area contributed by atoms with E-state index in [1.54, 1.807) is 7.11 Å². The molecule has 1 aromatic rings. The molecule has 106 valence electrons. The first kappa shape index (κ1) is 15.3. The highest BCUT2D eigenvalue weighted by molar-refractivity contribution is 5.77. The fourth-order valence-electron chi connectivity index (χ4n) is 1.95. The highest BCUT2D eigenvalue weighted by Gasteiger charge is 2.01. The van der Waals surface area contributed by atoms with Crippen LogP contribution < -0.4 is 10.5 Å². The molecule has 0 radical (unpaired) electrons. The van der Waals surface area contributed by atoms with Crippen LogP contribution in [-0.4, -0.2) is 37.6 Å². The van der Waals surface area contributed by atoms with E-state index in [9.17, 15) is 0 Å². The first-order valence-corrected chi connectivity index (χ1v) is 6.89. The average Bonchev–Trinajstić information content (AvgIpc) is 2.45. The van der Waals surface area contributed by atoms with Gasteiger partial charge < -0.3 is 15.4 Å². The lowest BCUT2D eigenvalue weighted by Crippen LogP contribution is -2.37. The summed E-state index contributed by atoms with van der Waals surface area (Å²) in [6, 6.07) is 8.15. The summed E-state index contributed by atoms with van der Waals surface area (Å²) in [6.45, 7) is 6.74. The summed E-state index contributed by atoms with van der Waals surface area (Å²) in [5.74, 6) is 1.55. The van der Waals surface area contributed by atoms with E-state index in [-0.39, 0.29) is 0 Å². The van der Waals surface area contributed by atoms with Crippen molar-refractivity contribution in [1.82, 2.24) is 4.90 Å². The minimum Gasteiger partial charge on any atom is -0.497 e. The Morgan fingerprint density at radius 1 is 1.32 bits per heavy atom. The van der Waals surface area contributed by atoms with E-state index >= 15 is 0 Å². The maximum Gasteiger partial charge on any atom is 0.191 e. The molecule has 0 aliphatic heterocycles. The van der Waals surface area contributed by atoms with Gasteiger partial charge in [-0.15, -0.1) is 0 Å². The van der Waals surface area contributed by atoms with Gasteiger partial charge in [0.1, 0.15) is 5.75 Å². The van der Waals surface area contributed by atoms with Crippen molar-refractivity contribution >= 4 is 5.96 Å². The van der Waals surface area contributed by atoms with E-state index in [1.165, 1.54) is 5.56 Å². The fourth-order valence-corrected chi connectivity index (χ4v) is 1.95. The highest BCUT2D eigenvalue weighted by Crippen LogP contribution is 2.13. The number of rotatable bonds is 7. The summed E-state index contributed by atoms with van der Waals surface area (Å²) in [7, 11) is 1.69. The molecule has 0 amide bonds. The van der Waals surface area contributed by atoms with Gasteiger partial charge in [-0.3, -0.25) is 4.99 Å². The maximum atomic E-state index is 5.92. The molecule has 1 rings (SSSR count). The van der Waals surface area contributed by atoms with Gasteiger partial charge in [-0.25, -0.2) is 0 Å². The molecule has 0 fully saturated rings. The summed E-state index contributed by atoms with van der Waals surface area (Å²) in [4.78, 5) is 6.47. The van der Waals surface area contributed by atoms with Gasteiger partial charge >= 0.3 is 0 Å². The lowest BCUT2D eigenvalue weighted by atomic mass is 10.1. The zero-order valence-corrected chi connectivity index (χ0v) is 12.2. The average molecular weight is 263 g/mol. The Kier molecular flexibility index (Phi) is 6.79. The van der Waals surface area contributed by atoms with E-state index < -0.39 is 0 Å². The molecular formula is C15H25N3O. The number of hydrogen-bond donors (Lipinski definition) is 1. The van der Waals surface area contributed by atoms with Crippen molar-refractivity contribution in [3.05, 3.63) is 29.8 Å². The Labute approximate surface area is 116 Å². The molecule has 4 heteroatoms. The monoisotopic (exact) mass is 263 g/mol. The normalized spacial score (nSPS) is 11.4. The summed E-state index contributed by atoms with van der Waals surface area (Å²) in [6.07, 6.45) is 1.99. The molecule has 0 bridgehead atoms. The van der Waals surface area contributed by atoms with Crippen molar-refractivity contribution in [1.29, 1.82) is 0 Å². The highest BCUT2D eigenvalue weighted by atomic mass is 16.5. The Morgan fingerprint density at radius 2 is 2.05 bits per heavy atom. The number of aryl methyl sites for hydroxylation is 1. The number of ether oxygens (including phenoxy) is 1. The third-order valence-electron chi connectivity index (χ3n) is 3.12. The SMILES string of the molecule is CCN(CC)C(N)=NCCCc1cccc(OC)c1. The summed E-state index contributed by atoms with van der Waals surface area (Å²) >= 11 is 0. The third-order valence-corrected chi connectivity index (χ3v) is 3.12. The number of benzene rings is 1. The molecule has 0 spiro atoms. The van der Waals surface area contributed by atoms with Gasteiger partial charge in [-0.2, -0.15) is 0 Å². The second-order valence-corrected chi connectivity index (χ2v) is 4.37. The van der Waals surface area contributed by atoms with Crippen LogP contribution in [0.25, 0.3) is 0 Å². The predicted octanol–water partition coefficient (Wildman–Crippen LogP) is 2.28. The Hall–Kier alpha value is -1.71. The second-order valence-electron chi connectivity index (χ2n) is 4.37. The van der Waals surface area contributed by atoms with Crippen LogP contribution in [0.15, 0.2) is 29.3 Å². The molecule has 0 aliphatic rings. The predicted molar refractivity (Wildman–Crippen MR) is 80.7 cm³/mol. The van der Waals surface area contributed by atoms with Gasteiger partial charge in [0.05, 0.1) is 7.11 Å². The molecule has 0 heterocycles. The molecule has 1 aromatic carbocycles. The Balaban J connectivity index is 2.39. The fraction of sp³-hybridized carbons (Fsp3) is 0.533. The van der Waals surface area contributed by atoms with Crippen LogP contribution in [0.4, 0.5) is 0 Å². The van der Waals surface area contributed by atoms with Gasteiger partial charge in [-0.1, -0.05) is 12.1 Å². The Morgan fingerprint density at radius 3 is 2.68 bits per heavy atom. The number of hydrogen-bond acceptors (Lipinski definition) is 2. The third kappa shape index (κ3) is 5.20. The van der Waals surface area contributed by atoms with E-state index in [0.717, 1.165) is 38.2 Å². The quantitative estimate of drug-likeness (QED) is 0.466. The van der Waals surface area contributed by atoms with Gasteiger partial charge in [-0.05, 0) is 44.4 Å². The number of nitrogens with zero attached hydrogens (tertiary/aromatic N) is 2. The second kappa shape index (κ2) is 8.40. The summed E-state index contributed by atoms with van der Waals surface area (Å²) in [5, 5.41) is 0. The van der Waals surface area contributed by atoms with Gasteiger partial charge in [0.15, 0.2) is 5.96 Å². The van der Waals surface area contributed by atoms with Crippen molar-refractivity contribution in [2.24, 2.45) is 10.7 Å². The topological polar surface area (TPSA) is 50.8 Å². The van der Waals surface area contributed by atoms with E-state index in [4.69, 9.17) is 10.5 Å². The van der Waals surface area contributed by atoms with Crippen molar-refractivity contribution in [2.75, 3.05) is 26.7 Å².